The number of anilines is 2. The molecule has 1 rings (SSSR count). The van der Waals surface area contributed by atoms with Gasteiger partial charge in [-0.15, -0.1) is 0 Å². The molecule has 4 nitrogen and oxygen atoms in total. The Labute approximate surface area is 82.1 Å². The SMILES string of the molecule is CC(=O)Nc1cccc(N)c1C(C)=O. The van der Waals surface area contributed by atoms with Gasteiger partial charge in [0.15, 0.2) is 5.78 Å². The van der Waals surface area contributed by atoms with Crippen molar-refractivity contribution < 1.29 is 9.59 Å². The number of nitrogens with two attached hydrogens (primary N) is 1. The van der Waals surface area contributed by atoms with Gasteiger partial charge in [-0.3, -0.25) is 9.59 Å². The van der Waals surface area contributed by atoms with E-state index in [0.29, 0.717) is 16.9 Å². The molecule has 1 aromatic carbocycles. The van der Waals surface area contributed by atoms with Crippen LogP contribution in [0, 0.1) is 0 Å². The predicted octanol–water partition coefficient (Wildman–Crippen LogP) is 1.43. The first kappa shape index (κ1) is 10.2. The molecule has 0 aromatic heterocycles. The maximum absolute atomic E-state index is 11.2. The van der Waals surface area contributed by atoms with Crippen LogP contribution in [0.2, 0.25) is 0 Å². The van der Waals surface area contributed by atoms with Gasteiger partial charge in [0.05, 0.1) is 11.3 Å². The molecule has 0 saturated heterocycles. The number of carbonyl (C=O) groups is 2. The molecule has 1 amide bonds. The summed E-state index contributed by atoms with van der Waals surface area (Å²) in [7, 11) is 0. The van der Waals surface area contributed by atoms with Gasteiger partial charge in [-0.05, 0) is 19.1 Å². The first-order chi connectivity index (χ1) is 6.52. The Balaban J connectivity index is 3.21. The minimum absolute atomic E-state index is 0.160. The van der Waals surface area contributed by atoms with E-state index in [9.17, 15) is 9.59 Å². The van der Waals surface area contributed by atoms with Gasteiger partial charge in [-0.25, -0.2) is 0 Å². The second-order valence-electron chi connectivity index (χ2n) is 3.01. The molecule has 0 fully saturated rings. The Kier molecular flexibility index (Phi) is 2.86. The van der Waals surface area contributed by atoms with Crippen LogP contribution in [-0.4, -0.2) is 11.7 Å². The van der Waals surface area contributed by atoms with Gasteiger partial charge >= 0.3 is 0 Å². The lowest BCUT2D eigenvalue weighted by atomic mass is 10.1. The van der Waals surface area contributed by atoms with Gasteiger partial charge in [0, 0.05) is 12.6 Å². The van der Waals surface area contributed by atoms with Gasteiger partial charge in [0.2, 0.25) is 5.91 Å². The average molecular weight is 192 g/mol. The lowest BCUT2D eigenvalue weighted by molar-refractivity contribution is -0.114. The smallest absolute Gasteiger partial charge is 0.221 e. The number of nitrogen functional groups attached to an aromatic ring is 1. The monoisotopic (exact) mass is 192 g/mol. The lowest BCUT2D eigenvalue weighted by Crippen LogP contribution is -2.11. The van der Waals surface area contributed by atoms with E-state index in [0.717, 1.165) is 0 Å². The number of hydrogen-bond donors (Lipinski definition) is 2. The van der Waals surface area contributed by atoms with Crippen LogP contribution in [0.5, 0.6) is 0 Å². The van der Waals surface area contributed by atoms with E-state index in [1.165, 1.54) is 13.8 Å². The van der Waals surface area contributed by atoms with E-state index >= 15 is 0 Å². The van der Waals surface area contributed by atoms with Crippen LogP contribution in [0.15, 0.2) is 18.2 Å². The summed E-state index contributed by atoms with van der Waals surface area (Å²) in [5.41, 5.74) is 6.83. The van der Waals surface area contributed by atoms with Crippen LogP contribution in [0.4, 0.5) is 11.4 Å². The number of rotatable bonds is 2. The number of carbonyl (C=O) groups excluding carboxylic acids is 2. The predicted molar refractivity (Wildman–Crippen MR) is 55.2 cm³/mol. The molecular weight excluding hydrogens is 180 g/mol. The highest BCUT2D eigenvalue weighted by Crippen LogP contribution is 2.22. The fourth-order valence-corrected chi connectivity index (χ4v) is 1.26. The maximum Gasteiger partial charge on any atom is 0.221 e. The Morgan fingerprint density at radius 3 is 2.43 bits per heavy atom. The molecule has 0 heterocycles. The molecule has 0 saturated carbocycles. The molecule has 14 heavy (non-hydrogen) atoms. The van der Waals surface area contributed by atoms with E-state index in [2.05, 4.69) is 5.32 Å². The van der Waals surface area contributed by atoms with Crippen LogP contribution in [0.25, 0.3) is 0 Å². The summed E-state index contributed by atoms with van der Waals surface area (Å²) in [4.78, 5) is 22.1. The molecule has 1 aromatic rings. The van der Waals surface area contributed by atoms with Crippen molar-refractivity contribution in [3.05, 3.63) is 23.8 Å². The fourth-order valence-electron chi connectivity index (χ4n) is 1.26. The van der Waals surface area contributed by atoms with Crippen LogP contribution >= 0.6 is 0 Å². The second-order valence-corrected chi connectivity index (χ2v) is 3.01. The van der Waals surface area contributed by atoms with Crippen molar-refractivity contribution in [3.63, 3.8) is 0 Å². The molecule has 0 unspecified atom stereocenters. The molecule has 0 bridgehead atoms. The highest BCUT2D eigenvalue weighted by molar-refractivity contribution is 6.07. The van der Waals surface area contributed by atoms with Crippen molar-refractivity contribution in [2.45, 2.75) is 13.8 Å². The highest BCUT2D eigenvalue weighted by atomic mass is 16.1. The normalized spacial score (nSPS) is 9.57. The third kappa shape index (κ3) is 2.10. The first-order valence-electron chi connectivity index (χ1n) is 4.19. The van der Waals surface area contributed by atoms with Gasteiger partial charge in [-0.1, -0.05) is 6.07 Å². The first-order valence-corrected chi connectivity index (χ1v) is 4.19. The summed E-state index contributed by atoms with van der Waals surface area (Å²) in [5, 5.41) is 2.56. The molecule has 0 atom stereocenters. The molecule has 4 heteroatoms. The molecule has 0 aliphatic heterocycles. The maximum atomic E-state index is 11.2. The van der Waals surface area contributed by atoms with E-state index in [1.807, 2.05) is 0 Å². The van der Waals surface area contributed by atoms with Gasteiger partial charge in [-0.2, -0.15) is 0 Å². The lowest BCUT2D eigenvalue weighted by Gasteiger charge is -2.09. The Morgan fingerprint density at radius 1 is 1.29 bits per heavy atom. The highest BCUT2D eigenvalue weighted by Gasteiger charge is 2.11. The summed E-state index contributed by atoms with van der Waals surface area (Å²) in [6.45, 7) is 2.80. The summed E-state index contributed by atoms with van der Waals surface area (Å²) in [6, 6.07) is 4.96. The summed E-state index contributed by atoms with van der Waals surface area (Å²) in [5.74, 6) is -0.384. The van der Waals surface area contributed by atoms with Crippen molar-refractivity contribution in [3.8, 4) is 0 Å². The zero-order chi connectivity index (χ0) is 10.7. The fraction of sp³-hybridized carbons (Fsp3) is 0.200. The summed E-state index contributed by atoms with van der Waals surface area (Å²) in [6.07, 6.45) is 0. The summed E-state index contributed by atoms with van der Waals surface area (Å²) < 4.78 is 0. The summed E-state index contributed by atoms with van der Waals surface area (Å²) >= 11 is 0. The zero-order valence-corrected chi connectivity index (χ0v) is 8.13. The number of amides is 1. The van der Waals surface area contributed by atoms with Crippen LogP contribution in [-0.2, 0) is 4.79 Å². The van der Waals surface area contributed by atoms with E-state index in [-0.39, 0.29) is 11.7 Å². The molecule has 3 N–H and O–H groups in total. The van der Waals surface area contributed by atoms with Crippen molar-refractivity contribution in [1.29, 1.82) is 0 Å². The van der Waals surface area contributed by atoms with Crippen LogP contribution in [0.3, 0.4) is 0 Å². The van der Waals surface area contributed by atoms with Gasteiger partial charge < -0.3 is 11.1 Å². The van der Waals surface area contributed by atoms with Crippen molar-refractivity contribution in [2.75, 3.05) is 11.1 Å². The number of nitrogens with one attached hydrogen (secondary N) is 1. The standard InChI is InChI=1S/C10H12N2O2/c1-6(13)10-8(11)4-3-5-9(10)12-7(2)14/h3-5H,11H2,1-2H3,(H,12,14). The minimum atomic E-state index is -0.224. The largest absolute Gasteiger partial charge is 0.398 e. The van der Waals surface area contributed by atoms with Crippen molar-refractivity contribution >= 4 is 23.1 Å². The number of benzene rings is 1. The van der Waals surface area contributed by atoms with Crippen molar-refractivity contribution in [1.82, 2.24) is 0 Å². The minimum Gasteiger partial charge on any atom is -0.398 e. The van der Waals surface area contributed by atoms with Gasteiger partial charge in [0.1, 0.15) is 0 Å². The second kappa shape index (κ2) is 3.91. The third-order valence-electron chi connectivity index (χ3n) is 1.76. The number of Topliss-reactive ketones (excluding diaryl/α,β-unsaturated/α-hetero) is 1. The van der Waals surface area contributed by atoms with Crippen molar-refractivity contribution in [2.24, 2.45) is 0 Å². The Hall–Kier alpha value is -1.84. The molecule has 0 aliphatic rings. The Morgan fingerprint density at radius 2 is 1.93 bits per heavy atom. The Bertz CT molecular complexity index is 386. The quantitative estimate of drug-likeness (QED) is 0.550. The third-order valence-corrected chi connectivity index (χ3v) is 1.76. The molecule has 0 radical (unpaired) electrons. The van der Waals surface area contributed by atoms with E-state index in [1.54, 1.807) is 18.2 Å². The molecular formula is C10H12N2O2. The molecule has 0 aliphatic carbocycles. The van der Waals surface area contributed by atoms with Crippen LogP contribution in [0.1, 0.15) is 24.2 Å². The zero-order valence-electron chi connectivity index (χ0n) is 8.13. The van der Waals surface area contributed by atoms with Crippen LogP contribution < -0.4 is 11.1 Å². The van der Waals surface area contributed by atoms with E-state index in [4.69, 9.17) is 5.73 Å². The average Bonchev–Trinajstić information content (AvgIpc) is 2.01. The topological polar surface area (TPSA) is 72.2 Å². The number of ketones is 1. The van der Waals surface area contributed by atoms with Gasteiger partial charge in [0.25, 0.3) is 0 Å². The number of hydrogen-bond acceptors (Lipinski definition) is 3. The molecule has 74 valence electrons. The molecule has 0 spiro atoms. The van der Waals surface area contributed by atoms with E-state index < -0.39 is 0 Å².